The Labute approximate surface area is 247 Å². The normalized spacial score (nSPS) is 19.1. The zero-order valence-electron chi connectivity index (χ0n) is 25.6. The van der Waals surface area contributed by atoms with Gasteiger partial charge in [0, 0.05) is 14.2 Å². The van der Waals surface area contributed by atoms with Crippen LogP contribution < -0.4 is 9.05 Å². The first-order valence-corrected chi connectivity index (χ1v) is 18.5. The summed E-state index contributed by atoms with van der Waals surface area (Å²) in [6.45, 7) is 10.4. The Hall–Kier alpha value is -1.84. The Bertz CT molecular complexity index is 1250. The van der Waals surface area contributed by atoms with Gasteiger partial charge in [-0.05, 0) is 81.2 Å². The van der Waals surface area contributed by atoms with Crippen molar-refractivity contribution in [2.24, 2.45) is 0 Å². The lowest BCUT2D eigenvalue weighted by atomic mass is 9.91. The number of hydrogen-bond acceptors (Lipinski definition) is 6. The molecule has 2 fully saturated rings. The van der Waals surface area contributed by atoms with E-state index in [4.69, 9.17) is 18.1 Å². The van der Waals surface area contributed by atoms with Gasteiger partial charge in [0.15, 0.2) is 0 Å². The number of rotatable bonds is 14. The first-order valence-electron chi connectivity index (χ1n) is 15.3. The first-order chi connectivity index (χ1) is 19.6. The predicted molar refractivity (Wildman–Crippen MR) is 170 cm³/mol. The van der Waals surface area contributed by atoms with Crippen LogP contribution in [0.3, 0.4) is 0 Å². The topological polar surface area (TPSA) is 71.1 Å². The molecule has 2 aromatic rings. The second kappa shape index (κ2) is 14.1. The summed E-state index contributed by atoms with van der Waals surface area (Å²) in [7, 11) is -4.04. The van der Waals surface area contributed by atoms with Gasteiger partial charge in [0.05, 0.1) is 16.9 Å². The molecular weight excluding hydrogens is 554 g/mol. The number of aryl methyl sites for hydroxylation is 2. The largest absolute Gasteiger partial charge is 0.423 e. The number of benzene rings is 2. The summed E-state index contributed by atoms with van der Waals surface area (Å²) in [5, 5.41) is 0. The van der Waals surface area contributed by atoms with Crippen molar-refractivity contribution in [2.75, 3.05) is 14.2 Å². The Morgan fingerprint density at radius 2 is 1.37 bits per heavy atom. The summed E-state index contributed by atoms with van der Waals surface area (Å²) in [5.41, 5.74) is 4.98. The fraction of sp³-hybridized carbons (Fsp3) is 0.576. The van der Waals surface area contributed by atoms with E-state index >= 15 is 0 Å². The predicted octanol–water partition coefficient (Wildman–Crippen LogP) is 10.7. The maximum Gasteiger partial charge on any atom is 0.381 e. The van der Waals surface area contributed by atoms with E-state index < -0.39 is 15.2 Å². The van der Waals surface area contributed by atoms with E-state index in [1.807, 2.05) is 38.1 Å². The molecule has 0 radical (unpaired) electrons. The van der Waals surface area contributed by atoms with Gasteiger partial charge in [-0.3, -0.25) is 0 Å². The summed E-state index contributed by atoms with van der Waals surface area (Å²) in [5.74, 6) is 0.876. The second-order valence-electron chi connectivity index (χ2n) is 11.8. The Morgan fingerprint density at radius 1 is 0.854 bits per heavy atom. The van der Waals surface area contributed by atoms with Crippen molar-refractivity contribution < 1.29 is 27.2 Å². The van der Waals surface area contributed by atoms with Crippen LogP contribution in [0.15, 0.2) is 36.9 Å². The van der Waals surface area contributed by atoms with Crippen molar-refractivity contribution in [2.45, 2.75) is 109 Å². The van der Waals surface area contributed by atoms with Gasteiger partial charge in [-0.25, -0.2) is 9.13 Å². The lowest BCUT2D eigenvalue weighted by molar-refractivity contribution is 0.307. The van der Waals surface area contributed by atoms with E-state index in [1.165, 1.54) is 14.2 Å². The van der Waals surface area contributed by atoms with Gasteiger partial charge in [0.25, 0.3) is 0 Å². The molecule has 0 aliphatic heterocycles. The number of unbranched alkanes of at least 4 members (excludes halogenated alkanes) is 2. The SMILES string of the molecule is C=C(C)c1ccc(C)cc1-c1c(OP(=O)(OC)C2CCCC2)cc(CCCCC)cc1OP(=O)(OC)C1CCCC1. The summed E-state index contributed by atoms with van der Waals surface area (Å²) in [6.07, 6.45) is 11.2. The molecule has 0 spiro atoms. The van der Waals surface area contributed by atoms with E-state index in [-0.39, 0.29) is 11.3 Å². The molecule has 2 aliphatic rings. The molecule has 6 nitrogen and oxygen atoms in total. The third-order valence-electron chi connectivity index (χ3n) is 8.60. The molecule has 0 saturated heterocycles. The van der Waals surface area contributed by atoms with Crippen LogP contribution in [-0.4, -0.2) is 25.5 Å². The van der Waals surface area contributed by atoms with Crippen LogP contribution in [0.4, 0.5) is 0 Å². The Morgan fingerprint density at radius 3 is 1.80 bits per heavy atom. The molecule has 2 atom stereocenters. The maximum atomic E-state index is 14.3. The molecule has 0 N–H and O–H groups in total. The molecule has 0 bridgehead atoms. The molecule has 2 aliphatic carbocycles. The molecular formula is C33H48O6P2. The van der Waals surface area contributed by atoms with Gasteiger partial charge < -0.3 is 18.1 Å². The average Bonchev–Trinajstić information content (AvgIpc) is 3.69. The monoisotopic (exact) mass is 602 g/mol. The quantitative estimate of drug-likeness (QED) is 0.158. The second-order valence-corrected chi connectivity index (χ2v) is 16.5. The standard InChI is InChI=1S/C33H48O6P2/c1-7-8-9-14-26-22-31(38-40(34,36-5)27-15-10-11-16-27)33(30-21-25(4)19-20-29(30)24(2)3)32(23-26)39-41(35,37-6)28-17-12-13-18-28/h19-23,27-28H,2,7-18H2,1,3-6H3. The minimum Gasteiger partial charge on any atom is -0.423 e. The van der Waals surface area contributed by atoms with Crippen LogP contribution in [-0.2, 0) is 24.6 Å². The number of allylic oxidation sites excluding steroid dienone is 1. The highest BCUT2D eigenvalue weighted by atomic mass is 31.2. The minimum absolute atomic E-state index is 0.157. The molecule has 0 amide bonds. The van der Waals surface area contributed by atoms with Crippen LogP contribution in [0, 0.1) is 6.92 Å². The van der Waals surface area contributed by atoms with Crippen molar-refractivity contribution in [3.8, 4) is 22.6 Å². The van der Waals surface area contributed by atoms with E-state index in [9.17, 15) is 9.13 Å². The fourth-order valence-corrected chi connectivity index (χ4v) is 10.1. The van der Waals surface area contributed by atoms with Crippen LogP contribution >= 0.6 is 15.2 Å². The Balaban J connectivity index is 1.96. The van der Waals surface area contributed by atoms with Crippen molar-refractivity contribution in [1.29, 1.82) is 0 Å². The van der Waals surface area contributed by atoms with Crippen LogP contribution in [0.2, 0.25) is 0 Å². The first kappa shape index (κ1) is 32.1. The van der Waals surface area contributed by atoms with Gasteiger partial charge in [0.2, 0.25) is 0 Å². The van der Waals surface area contributed by atoms with Crippen molar-refractivity contribution in [3.05, 3.63) is 53.6 Å². The van der Waals surface area contributed by atoms with Gasteiger partial charge in [-0.15, -0.1) is 0 Å². The van der Waals surface area contributed by atoms with Crippen LogP contribution in [0.5, 0.6) is 11.5 Å². The summed E-state index contributed by atoms with van der Waals surface area (Å²) in [4.78, 5) is 0. The summed E-state index contributed by atoms with van der Waals surface area (Å²) in [6, 6.07) is 10.1. The molecule has 8 heteroatoms. The molecule has 0 aromatic heterocycles. The molecule has 4 rings (SSSR count). The maximum absolute atomic E-state index is 14.3. The number of hydrogen-bond donors (Lipinski definition) is 0. The van der Waals surface area contributed by atoms with Crippen molar-refractivity contribution in [1.82, 2.24) is 0 Å². The van der Waals surface area contributed by atoms with Gasteiger partial charge >= 0.3 is 15.2 Å². The molecule has 2 unspecified atom stereocenters. The van der Waals surface area contributed by atoms with E-state index in [0.29, 0.717) is 17.1 Å². The summed E-state index contributed by atoms with van der Waals surface area (Å²) < 4.78 is 53.0. The molecule has 0 heterocycles. The minimum atomic E-state index is -3.50. The highest BCUT2D eigenvalue weighted by molar-refractivity contribution is 7.55. The molecule has 41 heavy (non-hydrogen) atoms. The molecule has 2 saturated carbocycles. The smallest absolute Gasteiger partial charge is 0.381 e. The van der Waals surface area contributed by atoms with Crippen LogP contribution in [0.1, 0.15) is 101 Å². The molecule has 2 aromatic carbocycles. The zero-order chi connectivity index (χ0) is 29.6. The third-order valence-corrected chi connectivity index (χ3v) is 13.3. The van der Waals surface area contributed by atoms with Crippen molar-refractivity contribution >= 4 is 20.8 Å². The average molecular weight is 603 g/mol. The lowest BCUT2D eigenvalue weighted by Gasteiger charge is -2.28. The van der Waals surface area contributed by atoms with Crippen LogP contribution in [0.25, 0.3) is 16.7 Å². The lowest BCUT2D eigenvalue weighted by Crippen LogP contribution is -2.13. The van der Waals surface area contributed by atoms with E-state index in [2.05, 4.69) is 19.6 Å². The zero-order valence-corrected chi connectivity index (χ0v) is 27.4. The van der Waals surface area contributed by atoms with Gasteiger partial charge in [-0.1, -0.05) is 81.4 Å². The Kier molecular flexibility index (Phi) is 11.0. The fourth-order valence-electron chi connectivity index (χ4n) is 6.25. The molecule has 226 valence electrons. The summed E-state index contributed by atoms with van der Waals surface area (Å²) >= 11 is 0. The van der Waals surface area contributed by atoms with E-state index in [0.717, 1.165) is 105 Å². The highest BCUT2D eigenvalue weighted by Crippen LogP contribution is 2.62. The van der Waals surface area contributed by atoms with Crippen molar-refractivity contribution in [3.63, 3.8) is 0 Å². The highest BCUT2D eigenvalue weighted by Gasteiger charge is 2.42. The third kappa shape index (κ3) is 7.39. The van der Waals surface area contributed by atoms with Gasteiger partial charge in [-0.2, -0.15) is 0 Å². The van der Waals surface area contributed by atoms with E-state index in [1.54, 1.807) is 0 Å². The van der Waals surface area contributed by atoms with Gasteiger partial charge in [0.1, 0.15) is 11.5 Å².